The van der Waals surface area contributed by atoms with Crippen molar-refractivity contribution in [1.29, 1.82) is 0 Å². The summed E-state index contributed by atoms with van der Waals surface area (Å²) < 4.78 is 9.19. The van der Waals surface area contributed by atoms with Crippen LogP contribution in [0, 0.1) is 0 Å². The Bertz CT molecular complexity index is 522. The predicted molar refractivity (Wildman–Crippen MR) is 74.6 cm³/mol. The molecule has 1 aliphatic rings. The lowest BCUT2D eigenvalue weighted by molar-refractivity contribution is 0.0606. The second-order valence-electron chi connectivity index (χ2n) is 4.18. The normalized spacial score (nSPS) is 17.9. The summed E-state index contributed by atoms with van der Waals surface area (Å²) >= 11 is 7.10. The van der Waals surface area contributed by atoms with Crippen molar-refractivity contribution in [1.82, 2.24) is 10.3 Å². The first kappa shape index (κ1) is 14.9. The molecule has 2 heterocycles. The Hall–Kier alpha value is -1.54. The van der Waals surface area contributed by atoms with Gasteiger partial charge in [-0.1, -0.05) is 22.9 Å². The van der Waals surface area contributed by atoms with E-state index in [4.69, 9.17) is 11.6 Å². The van der Waals surface area contributed by atoms with Crippen LogP contribution < -0.4 is 10.2 Å². The molecule has 2 rings (SSSR count). The van der Waals surface area contributed by atoms with E-state index in [-0.39, 0.29) is 16.1 Å². The van der Waals surface area contributed by atoms with E-state index >= 15 is 0 Å². The molecule has 7 nitrogen and oxygen atoms in total. The summed E-state index contributed by atoms with van der Waals surface area (Å²) in [7, 11) is 2.62. The molecule has 1 unspecified atom stereocenters. The summed E-state index contributed by atoms with van der Waals surface area (Å²) in [6.07, 6.45) is 0.323. The van der Waals surface area contributed by atoms with Crippen molar-refractivity contribution in [3.63, 3.8) is 0 Å². The van der Waals surface area contributed by atoms with Crippen LogP contribution in [0.3, 0.4) is 0 Å². The molecule has 0 bridgehead atoms. The third kappa shape index (κ3) is 3.13. The van der Waals surface area contributed by atoms with Gasteiger partial charge in [-0.05, 0) is 6.42 Å². The number of amides is 1. The Labute approximate surface area is 124 Å². The van der Waals surface area contributed by atoms with Crippen LogP contribution in [-0.4, -0.2) is 50.4 Å². The first-order valence-electron chi connectivity index (χ1n) is 5.89. The fourth-order valence-corrected chi connectivity index (χ4v) is 3.16. The van der Waals surface area contributed by atoms with Gasteiger partial charge < -0.3 is 19.7 Å². The maximum Gasteiger partial charge on any atom is 0.407 e. The van der Waals surface area contributed by atoms with E-state index in [1.807, 2.05) is 4.90 Å². The third-order valence-corrected chi connectivity index (χ3v) is 4.39. The number of carbonyl (C=O) groups is 2. The van der Waals surface area contributed by atoms with Crippen LogP contribution in [0.15, 0.2) is 0 Å². The number of ether oxygens (including phenoxy) is 2. The monoisotopic (exact) mass is 319 g/mol. The molecule has 1 aromatic rings. The minimum absolute atomic E-state index is 0.00768. The molecule has 0 aromatic carbocycles. The molecular weight excluding hydrogens is 306 g/mol. The van der Waals surface area contributed by atoms with Gasteiger partial charge in [0.15, 0.2) is 15.2 Å². The van der Waals surface area contributed by atoms with Crippen molar-refractivity contribution in [2.24, 2.45) is 0 Å². The van der Waals surface area contributed by atoms with E-state index in [9.17, 15) is 9.59 Å². The number of alkyl carbamates (subject to hydrolysis) is 1. The van der Waals surface area contributed by atoms with Crippen LogP contribution in [-0.2, 0) is 9.47 Å². The van der Waals surface area contributed by atoms with E-state index < -0.39 is 12.1 Å². The molecule has 110 valence electrons. The van der Waals surface area contributed by atoms with Crippen molar-refractivity contribution in [3.05, 3.63) is 10.0 Å². The number of nitrogens with one attached hydrogen (secondary N) is 1. The van der Waals surface area contributed by atoms with E-state index in [1.54, 1.807) is 0 Å². The first-order chi connectivity index (χ1) is 9.55. The molecule has 0 saturated carbocycles. The zero-order valence-corrected chi connectivity index (χ0v) is 12.6. The minimum atomic E-state index is -0.498. The molecule has 0 aliphatic carbocycles. The number of nitrogens with zero attached hydrogens (tertiary/aromatic N) is 2. The number of carbonyl (C=O) groups excluding carboxylic acids is 2. The van der Waals surface area contributed by atoms with Gasteiger partial charge >= 0.3 is 12.1 Å². The van der Waals surface area contributed by atoms with Crippen molar-refractivity contribution in [3.8, 4) is 0 Å². The second kappa shape index (κ2) is 6.27. The van der Waals surface area contributed by atoms with Gasteiger partial charge in [0.1, 0.15) is 0 Å². The summed E-state index contributed by atoms with van der Waals surface area (Å²) in [5, 5.41) is 3.52. The number of aromatic nitrogens is 1. The van der Waals surface area contributed by atoms with E-state index in [1.165, 1.54) is 25.6 Å². The van der Waals surface area contributed by atoms with Crippen molar-refractivity contribution in [2.75, 3.05) is 32.2 Å². The Kier molecular flexibility index (Phi) is 4.66. The maximum atomic E-state index is 11.5. The van der Waals surface area contributed by atoms with Crippen LogP contribution in [0.25, 0.3) is 0 Å². The van der Waals surface area contributed by atoms with Gasteiger partial charge in [-0.15, -0.1) is 0 Å². The molecule has 1 fully saturated rings. The zero-order valence-electron chi connectivity index (χ0n) is 11.0. The Balaban J connectivity index is 2.03. The average Bonchev–Trinajstić information content (AvgIpc) is 3.04. The predicted octanol–water partition coefficient (Wildman–Crippen LogP) is 1.52. The molecule has 1 atom stereocenters. The van der Waals surface area contributed by atoms with Gasteiger partial charge in [0.2, 0.25) is 0 Å². The van der Waals surface area contributed by atoms with Crippen LogP contribution >= 0.6 is 22.9 Å². The molecule has 1 aliphatic heterocycles. The fraction of sp³-hybridized carbons (Fsp3) is 0.545. The van der Waals surface area contributed by atoms with Crippen molar-refractivity contribution < 1.29 is 19.1 Å². The number of esters is 1. The van der Waals surface area contributed by atoms with Gasteiger partial charge in [0, 0.05) is 13.1 Å². The average molecular weight is 320 g/mol. The van der Waals surface area contributed by atoms with Gasteiger partial charge in [-0.25, -0.2) is 14.6 Å². The summed E-state index contributed by atoms with van der Waals surface area (Å²) in [6, 6.07) is -0.00768. The van der Waals surface area contributed by atoms with Crippen LogP contribution in [0.1, 0.15) is 16.1 Å². The van der Waals surface area contributed by atoms with E-state index in [0.29, 0.717) is 11.7 Å². The van der Waals surface area contributed by atoms with Crippen LogP contribution in [0.4, 0.5) is 9.93 Å². The third-order valence-electron chi connectivity index (χ3n) is 2.91. The molecule has 0 spiro atoms. The number of rotatable bonds is 3. The number of thiazole rings is 1. The highest BCUT2D eigenvalue weighted by Crippen LogP contribution is 2.32. The van der Waals surface area contributed by atoms with Gasteiger partial charge in [-0.3, -0.25) is 0 Å². The van der Waals surface area contributed by atoms with Gasteiger partial charge in [-0.2, -0.15) is 0 Å². The lowest BCUT2D eigenvalue weighted by Gasteiger charge is -2.15. The quantitative estimate of drug-likeness (QED) is 0.851. The maximum absolute atomic E-state index is 11.5. The fourth-order valence-electron chi connectivity index (χ4n) is 1.92. The number of anilines is 1. The summed E-state index contributed by atoms with van der Waals surface area (Å²) in [4.78, 5) is 29.0. The number of halogens is 1. The van der Waals surface area contributed by atoms with Crippen molar-refractivity contribution >= 4 is 40.1 Å². The second-order valence-corrected chi connectivity index (χ2v) is 5.51. The molecular formula is C11H14ClN3O4S. The summed E-state index contributed by atoms with van der Waals surface area (Å²) in [6.45, 7) is 1.32. The first-order valence-corrected chi connectivity index (χ1v) is 7.08. The minimum Gasteiger partial charge on any atom is -0.465 e. The van der Waals surface area contributed by atoms with Gasteiger partial charge in [0.25, 0.3) is 0 Å². The molecule has 20 heavy (non-hydrogen) atoms. The molecule has 1 saturated heterocycles. The molecule has 9 heteroatoms. The smallest absolute Gasteiger partial charge is 0.407 e. The number of hydrogen-bond donors (Lipinski definition) is 1. The van der Waals surface area contributed by atoms with Gasteiger partial charge in [0.05, 0.1) is 20.3 Å². The molecule has 1 N–H and O–H groups in total. The topological polar surface area (TPSA) is 80.8 Å². The van der Waals surface area contributed by atoms with E-state index in [0.717, 1.165) is 13.0 Å². The summed E-state index contributed by atoms with van der Waals surface area (Å²) in [5.74, 6) is -0.498. The zero-order chi connectivity index (χ0) is 14.7. The Morgan fingerprint density at radius 3 is 2.85 bits per heavy atom. The standard InChI is InChI=1S/C11H14ClN3O4S/c1-18-9(16)7-8(12)14-10(20-7)15-4-3-6(5-15)13-11(17)19-2/h6H,3-5H2,1-2H3,(H,13,17). The highest BCUT2D eigenvalue weighted by atomic mass is 35.5. The number of methoxy groups -OCH3 is 2. The molecule has 1 amide bonds. The lowest BCUT2D eigenvalue weighted by atomic mass is 10.3. The number of hydrogen-bond acceptors (Lipinski definition) is 7. The highest BCUT2D eigenvalue weighted by molar-refractivity contribution is 7.18. The molecule has 1 aromatic heterocycles. The SMILES string of the molecule is COC(=O)NC1CCN(c2nc(Cl)c(C(=O)OC)s2)C1. The Morgan fingerprint density at radius 2 is 2.20 bits per heavy atom. The summed E-state index contributed by atoms with van der Waals surface area (Å²) in [5.41, 5.74) is 0. The van der Waals surface area contributed by atoms with E-state index in [2.05, 4.69) is 19.8 Å². The van der Waals surface area contributed by atoms with Crippen molar-refractivity contribution in [2.45, 2.75) is 12.5 Å². The Morgan fingerprint density at radius 1 is 1.45 bits per heavy atom. The lowest BCUT2D eigenvalue weighted by Crippen LogP contribution is -2.36. The molecule has 0 radical (unpaired) electrons. The largest absolute Gasteiger partial charge is 0.465 e. The van der Waals surface area contributed by atoms with Crippen LogP contribution in [0.5, 0.6) is 0 Å². The van der Waals surface area contributed by atoms with Crippen LogP contribution in [0.2, 0.25) is 5.15 Å². The highest BCUT2D eigenvalue weighted by Gasteiger charge is 2.28.